The van der Waals surface area contributed by atoms with Crippen molar-refractivity contribution in [1.82, 2.24) is 4.90 Å². The molecule has 5 heteroatoms. The highest BCUT2D eigenvalue weighted by atomic mass is 16.5. The molecule has 0 radical (unpaired) electrons. The highest BCUT2D eigenvalue weighted by molar-refractivity contribution is 6.46. The lowest BCUT2D eigenvalue weighted by Crippen LogP contribution is -2.31. The van der Waals surface area contributed by atoms with Crippen molar-refractivity contribution >= 4 is 17.4 Å². The average molecular weight is 422 g/mol. The van der Waals surface area contributed by atoms with Gasteiger partial charge in [-0.3, -0.25) is 9.59 Å². The second-order valence-corrected chi connectivity index (χ2v) is 8.44. The van der Waals surface area contributed by atoms with Crippen LogP contribution in [0.1, 0.15) is 54.1 Å². The molecule has 1 heterocycles. The van der Waals surface area contributed by atoms with E-state index in [1.165, 1.54) is 0 Å². The normalized spacial score (nSPS) is 18.3. The molecule has 1 aliphatic heterocycles. The van der Waals surface area contributed by atoms with Crippen LogP contribution in [0.25, 0.3) is 5.76 Å². The van der Waals surface area contributed by atoms with Gasteiger partial charge in [0.05, 0.1) is 17.7 Å². The summed E-state index contributed by atoms with van der Waals surface area (Å²) in [5.41, 5.74) is 4.36. The predicted molar refractivity (Wildman–Crippen MR) is 122 cm³/mol. The van der Waals surface area contributed by atoms with Crippen LogP contribution < -0.4 is 0 Å². The molecule has 3 rings (SSSR count). The fraction of sp³-hybridized carbons (Fsp3) is 0.385. The number of hydrogen-bond acceptors (Lipinski definition) is 4. The van der Waals surface area contributed by atoms with Crippen LogP contribution in [0.3, 0.4) is 0 Å². The van der Waals surface area contributed by atoms with Crippen LogP contribution >= 0.6 is 0 Å². The lowest BCUT2D eigenvalue weighted by molar-refractivity contribution is -0.140. The Morgan fingerprint density at radius 1 is 1.06 bits per heavy atom. The molecular weight excluding hydrogens is 390 g/mol. The predicted octanol–water partition coefficient (Wildman–Crippen LogP) is 4.85. The Hall–Kier alpha value is -2.92. The van der Waals surface area contributed by atoms with Gasteiger partial charge in [0.25, 0.3) is 11.7 Å². The van der Waals surface area contributed by atoms with Crippen LogP contribution in [-0.2, 0) is 14.3 Å². The number of Topliss-reactive ketones (excluding diaryl/α,β-unsaturated/α-hetero) is 1. The fourth-order valence-corrected chi connectivity index (χ4v) is 4.02. The van der Waals surface area contributed by atoms with E-state index in [0.717, 1.165) is 22.3 Å². The van der Waals surface area contributed by atoms with Gasteiger partial charge in [-0.1, -0.05) is 42.0 Å². The van der Waals surface area contributed by atoms with E-state index in [1.807, 2.05) is 77.1 Å². The lowest BCUT2D eigenvalue weighted by atomic mass is 9.91. The summed E-state index contributed by atoms with van der Waals surface area (Å²) in [4.78, 5) is 27.7. The van der Waals surface area contributed by atoms with Gasteiger partial charge in [-0.15, -0.1) is 0 Å². The number of hydrogen-bond donors (Lipinski definition) is 1. The molecule has 0 aliphatic carbocycles. The first-order chi connectivity index (χ1) is 14.7. The smallest absolute Gasteiger partial charge is 0.295 e. The van der Waals surface area contributed by atoms with E-state index in [9.17, 15) is 14.7 Å². The highest BCUT2D eigenvalue weighted by Gasteiger charge is 2.46. The first-order valence-electron chi connectivity index (χ1n) is 10.8. The minimum atomic E-state index is -0.642. The maximum absolute atomic E-state index is 13.1. The van der Waals surface area contributed by atoms with E-state index < -0.39 is 17.7 Å². The Balaban J connectivity index is 2.10. The summed E-state index contributed by atoms with van der Waals surface area (Å²) in [6.07, 6.45) is 0.712. The number of carbonyl (C=O) groups is 2. The van der Waals surface area contributed by atoms with Crippen LogP contribution in [-0.4, -0.2) is 41.0 Å². The molecule has 1 fully saturated rings. The van der Waals surface area contributed by atoms with Crippen molar-refractivity contribution in [2.24, 2.45) is 0 Å². The maximum atomic E-state index is 13.1. The second-order valence-electron chi connectivity index (χ2n) is 8.44. The van der Waals surface area contributed by atoms with E-state index in [0.29, 0.717) is 25.1 Å². The first-order valence-corrected chi connectivity index (χ1v) is 10.8. The van der Waals surface area contributed by atoms with E-state index in [-0.39, 0.29) is 17.4 Å². The van der Waals surface area contributed by atoms with Gasteiger partial charge in [0.1, 0.15) is 5.76 Å². The van der Waals surface area contributed by atoms with Gasteiger partial charge in [-0.2, -0.15) is 0 Å². The van der Waals surface area contributed by atoms with Crippen molar-refractivity contribution in [1.29, 1.82) is 0 Å². The van der Waals surface area contributed by atoms with Crippen LogP contribution in [0.2, 0.25) is 0 Å². The Morgan fingerprint density at radius 2 is 1.77 bits per heavy atom. The molecule has 164 valence electrons. The maximum Gasteiger partial charge on any atom is 0.295 e. The van der Waals surface area contributed by atoms with E-state index in [4.69, 9.17) is 4.74 Å². The van der Waals surface area contributed by atoms with Crippen LogP contribution in [0, 0.1) is 20.8 Å². The summed E-state index contributed by atoms with van der Waals surface area (Å²) in [6.45, 7) is 10.6. The molecule has 1 unspecified atom stereocenters. The summed E-state index contributed by atoms with van der Waals surface area (Å²) >= 11 is 0. The molecule has 1 atom stereocenters. The quantitative estimate of drug-likeness (QED) is 0.300. The Morgan fingerprint density at radius 3 is 2.45 bits per heavy atom. The monoisotopic (exact) mass is 421 g/mol. The van der Waals surface area contributed by atoms with Gasteiger partial charge in [-0.05, 0) is 63.8 Å². The van der Waals surface area contributed by atoms with Crippen molar-refractivity contribution in [3.8, 4) is 0 Å². The average Bonchev–Trinajstić information content (AvgIpc) is 2.97. The number of aryl methyl sites for hydroxylation is 3. The number of rotatable bonds is 7. The van der Waals surface area contributed by atoms with E-state index in [1.54, 1.807) is 4.90 Å². The Labute approximate surface area is 184 Å². The molecule has 0 aromatic heterocycles. The molecule has 5 nitrogen and oxygen atoms in total. The molecule has 1 amide bonds. The minimum absolute atomic E-state index is 0.104. The molecule has 0 spiro atoms. The summed E-state index contributed by atoms with van der Waals surface area (Å²) < 4.78 is 5.62. The number of aliphatic hydroxyl groups excluding tert-OH is 1. The van der Waals surface area contributed by atoms with Crippen molar-refractivity contribution in [2.45, 2.75) is 53.2 Å². The third-order valence-corrected chi connectivity index (χ3v) is 5.67. The van der Waals surface area contributed by atoms with Crippen LogP contribution in [0.4, 0.5) is 0 Å². The van der Waals surface area contributed by atoms with Gasteiger partial charge in [-0.25, -0.2) is 0 Å². The van der Waals surface area contributed by atoms with Crippen LogP contribution in [0.15, 0.2) is 48.0 Å². The minimum Gasteiger partial charge on any atom is -0.507 e. The molecule has 2 aromatic carbocycles. The molecule has 0 bridgehead atoms. The number of ether oxygens (including phenoxy) is 1. The summed E-state index contributed by atoms with van der Waals surface area (Å²) in [6, 6.07) is 12.8. The number of benzene rings is 2. The third-order valence-electron chi connectivity index (χ3n) is 5.67. The molecule has 31 heavy (non-hydrogen) atoms. The number of ketones is 1. The van der Waals surface area contributed by atoms with Crippen molar-refractivity contribution in [3.63, 3.8) is 0 Å². The van der Waals surface area contributed by atoms with Crippen molar-refractivity contribution in [3.05, 3.63) is 75.9 Å². The number of amides is 1. The number of aliphatic hydroxyl groups is 1. The molecule has 0 saturated carbocycles. The van der Waals surface area contributed by atoms with Gasteiger partial charge in [0, 0.05) is 18.7 Å². The number of nitrogens with zero attached hydrogens (tertiary/aromatic N) is 1. The van der Waals surface area contributed by atoms with E-state index in [2.05, 4.69) is 0 Å². The molecular formula is C26H31NO4. The molecule has 1 N–H and O–H groups in total. The first kappa shape index (κ1) is 22.8. The fourth-order valence-electron chi connectivity index (χ4n) is 4.02. The SMILES string of the molecule is Cc1ccc(C)c(/C(O)=C2\C(=O)C(=O)N(CCCOC(C)C)C2c2ccccc2C)c1. The van der Waals surface area contributed by atoms with Gasteiger partial charge in [0.15, 0.2) is 0 Å². The van der Waals surface area contributed by atoms with Gasteiger partial charge < -0.3 is 14.7 Å². The Bertz CT molecular complexity index is 1020. The zero-order valence-electron chi connectivity index (χ0n) is 18.9. The lowest BCUT2D eigenvalue weighted by Gasteiger charge is -2.26. The van der Waals surface area contributed by atoms with Gasteiger partial charge >= 0.3 is 0 Å². The van der Waals surface area contributed by atoms with Crippen molar-refractivity contribution < 1.29 is 19.4 Å². The molecule has 2 aromatic rings. The highest BCUT2D eigenvalue weighted by Crippen LogP contribution is 2.41. The standard InChI is InChI=1S/C26H31NO4/c1-16(2)31-14-8-13-27-23(20-10-7-6-9-18(20)4)22(25(29)26(27)30)24(28)21-15-17(3)11-12-19(21)5/h6-7,9-12,15-16,23,28H,8,13-14H2,1-5H3/b24-22+. The topological polar surface area (TPSA) is 66.8 Å². The van der Waals surface area contributed by atoms with Gasteiger partial charge in [0.2, 0.25) is 0 Å². The molecule has 1 saturated heterocycles. The number of likely N-dealkylation sites (tertiary alicyclic amines) is 1. The summed E-state index contributed by atoms with van der Waals surface area (Å²) in [7, 11) is 0. The summed E-state index contributed by atoms with van der Waals surface area (Å²) in [5, 5.41) is 11.3. The Kier molecular flexibility index (Phi) is 6.96. The third kappa shape index (κ3) is 4.72. The number of carbonyl (C=O) groups excluding carboxylic acids is 2. The van der Waals surface area contributed by atoms with Crippen LogP contribution in [0.5, 0.6) is 0 Å². The second kappa shape index (κ2) is 9.48. The zero-order valence-corrected chi connectivity index (χ0v) is 18.9. The van der Waals surface area contributed by atoms with E-state index >= 15 is 0 Å². The summed E-state index contributed by atoms with van der Waals surface area (Å²) in [5.74, 6) is -1.34. The largest absolute Gasteiger partial charge is 0.507 e. The van der Waals surface area contributed by atoms with Crippen molar-refractivity contribution in [2.75, 3.05) is 13.2 Å². The molecule has 1 aliphatic rings. The zero-order chi connectivity index (χ0) is 22.7.